The summed E-state index contributed by atoms with van der Waals surface area (Å²) in [6.45, 7) is 0. The van der Waals surface area contributed by atoms with E-state index in [1.807, 2.05) is 23.7 Å². The Morgan fingerprint density at radius 1 is 1.43 bits per heavy atom. The third-order valence-corrected chi connectivity index (χ3v) is 3.41. The number of hydrogen-bond acceptors (Lipinski definition) is 7. The van der Waals surface area contributed by atoms with Gasteiger partial charge in [0.05, 0.1) is 5.56 Å². The molecule has 1 atom stereocenters. The SMILES string of the molecule is CSCCC1[NH2+]C(c2ccncc2)=NNC1=O.O=C([O-])C(=O)O. The molecule has 1 aliphatic rings. The molecule has 4 N–H and O–H groups in total. The van der Waals surface area contributed by atoms with Gasteiger partial charge in [-0.15, -0.1) is 5.10 Å². The lowest BCUT2D eigenvalue weighted by Crippen LogP contribution is -2.97. The van der Waals surface area contributed by atoms with Crippen molar-refractivity contribution in [2.45, 2.75) is 12.5 Å². The van der Waals surface area contributed by atoms with Gasteiger partial charge in [0.1, 0.15) is 0 Å². The summed E-state index contributed by atoms with van der Waals surface area (Å²) in [5, 5.41) is 22.3. The van der Waals surface area contributed by atoms with E-state index in [0.717, 1.165) is 23.6 Å². The Morgan fingerprint density at radius 2 is 2.04 bits per heavy atom. The highest BCUT2D eigenvalue weighted by molar-refractivity contribution is 7.98. The molecule has 2 heterocycles. The van der Waals surface area contributed by atoms with Crippen molar-refractivity contribution in [3.63, 3.8) is 0 Å². The number of carbonyl (C=O) groups is 3. The Morgan fingerprint density at radius 3 is 2.57 bits per heavy atom. The van der Waals surface area contributed by atoms with Crippen LogP contribution in [0.3, 0.4) is 0 Å². The Labute approximate surface area is 136 Å². The summed E-state index contributed by atoms with van der Waals surface area (Å²) in [5.41, 5.74) is 3.56. The number of nitrogens with one attached hydrogen (secondary N) is 1. The molecule has 0 saturated heterocycles. The minimum absolute atomic E-state index is 0.0168. The Balaban J connectivity index is 0.000000379. The minimum Gasteiger partial charge on any atom is -0.539 e. The third kappa shape index (κ3) is 6.45. The number of rotatable bonds is 4. The highest BCUT2D eigenvalue weighted by Crippen LogP contribution is 2.01. The predicted molar refractivity (Wildman–Crippen MR) is 80.3 cm³/mol. The first-order chi connectivity index (χ1) is 11.0. The number of hydrazone groups is 1. The molecule has 0 aromatic carbocycles. The van der Waals surface area contributed by atoms with Crippen molar-refractivity contribution < 1.29 is 29.9 Å². The van der Waals surface area contributed by atoms with Crippen molar-refractivity contribution >= 4 is 35.4 Å². The van der Waals surface area contributed by atoms with Gasteiger partial charge in [0.15, 0.2) is 12.0 Å². The van der Waals surface area contributed by atoms with E-state index >= 15 is 0 Å². The second kappa shape index (κ2) is 9.54. The molecule has 0 fully saturated rings. The van der Waals surface area contributed by atoms with Crippen LogP contribution < -0.4 is 15.8 Å². The number of amides is 1. The van der Waals surface area contributed by atoms with E-state index in [1.165, 1.54) is 0 Å². The number of pyridine rings is 1. The molecule has 1 amide bonds. The summed E-state index contributed by atoms with van der Waals surface area (Å²) < 4.78 is 0. The fourth-order valence-corrected chi connectivity index (χ4v) is 2.13. The topological polar surface area (TPSA) is 148 Å². The van der Waals surface area contributed by atoms with Crippen LogP contribution in [0.4, 0.5) is 0 Å². The van der Waals surface area contributed by atoms with Crippen LogP contribution in [-0.2, 0) is 14.4 Å². The van der Waals surface area contributed by atoms with Gasteiger partial charge in [0.25, 0.3) is 5.91 Å². The average Bonchev–Trinajstić information content (AvgIpc) is 2.55. The van der Waals surface area contributed by atoms with E-state index in [9.17, 15) is 4.79 Å². The van der Waals surface area contributed by atoms with E-state index in [2.05, 4.69) is 15.5 Å². The van der Waals surface area contributed by atoms with E-state index in [1.54, 1.807) is 24.2 Å². The van der Waals surface area contributed by atoms with Crippen molar-refractivity contribution in [3.05, 3.63) is 30.1 Å². The molecular formula is C13H16N4O5S. The van der Waals surface area contributed by atoms with E-state index in [-0.39, 0.29) is 11.9 Å². The molecule has 0 saturated carbocycles. The van der Waals surface area contributed by atoms with E-state index in [0.29, 0.717) is 0 Å². The summed E-state index contributed by atoms with van der Waals surface area (Å²) in [4.78, 5) is 33.6. The molecule has 0 spiro atoms. The van der Waals surface area contributed by atoms with Crippen molar-refractivity contribution in [1.29, 1.82) is 0 Å². The lowest BCUT2D eigenvalue weighted by Gasteiger charge is -2.18. The summed E-state index contributed by atoms with van der Waals surface area (Å²) >= 11 is 1.74. The molecule has 1 aliphatic heterocycles. The zero-order chi connectivity index (χ0) is 17.2. The molecule has 1 unspecified atom stereocenters. The molecule has 9 nitrogen and oxygen atoms in total. The van der Waals surface area contributed by atoms with Gasteiger partial charge in [-0.3, -0.25) is 15.1 Å². The summed E-state index contributed by atoms with van der Waals surface area (Å²) in [5.74, 6) is -2.24. The van der Waals surface area contributed by atoms with Crippen LogP contribution in [0.15, 0.2) is 29.6 Å². The normalized spacial score (nSPS) is 16.5. The number of amidine groups is 1. The smallest absolute Gasteiger partial charge is 0.351 e. The largest absolute Gasteiger partial charge is 0.539 e. The molecule has 124 valence electrons. The van der Waals surface area contributed by atoms with Crippen molar-refractivity contribution in [2.24, 2.45) is 5.10 Å². The number of carbonyl (C=O) groups excluding carboxylic acids is 2. The number of carboxylic acids is 2. The van der Waals surface area contributed by atoms with Crippen molar-refractivity contribution in [3.8, 4) is 0 Å². The molecule has 0 radical (unpaired) electrons. The zero-order valence-corrected chi connectivity index (χ0v) is 13.1. The van der Waals surface area contributed by atoms with Crippen LogP contribution in [-0.4, -0.2) is 51.8 Å². The first-order valence-corrected chi connectivity index (χ1v) is 7.91. The Bertz CT molecular complexity index is 581. The zero-order valence-electron chi connectivity index (χ0n) is 12.3. The number of aromatic nitrogens is 1. The molecule has 1 aromatic heterocycles. The second-order valence-corrected chi connectivity index (χ2v) is 5.34. The number of carboxylic acid groups (broad SMARTS) is 2. The number of thioether (sulfide) groups is 1. The second-order valence-electron chi connectivity index (χ2n) is 4.36. The quantitative estimate of drug-likeness (QED) is 0.508. The Kier molecular flexibility index (Phi) is 7.71. The number of quaternary nitrogens is 1. The fourth-order valence-electron chi connectivity index (χ4n) is 1.64. The van der Waals surface area contributed by atoms with Gasteiger partial charge >= 0.3 is 5.97 Å². The molecule has 0 aliphatic carbocycles. The van der Waals surface area contributed by atoms with Crippen LogP contribution in [0.25, 0.3) is 0 Å². The van der Waals surface area contributed by atoms with Crippen LogP contribution >= 0.6 is 11.8 Å². The third-order valence-electron chi connectivity index (χ3n) is 2.77. The summed E-state index contributed by atoms with van der Waals surface area (Å²) in [7, 11) is 0. The molecule has 23 heavy (non-hydrogen) atoms. The maximum atomic E-state index is 11.6. The maximum Gasteiger partial charge on any atom is 0.351 e. The van der Waals surface area contributed by atoms with Crippen LogP contribution in [0, 0.1) is 0 Å². The van der Waals surface area contributed by atoms with Crippen LogP contribution in [0.5, 0.6) is 0 Å². The number of nitrogens with two attached hydrogens (primary N) is 1. The highest BCUT2D eigenvalue weighted by Gasteiger charge is 2.28. The number of nitrogens with zero attached hydrogens (tertiary/aromatic N) is 2. The first kappa shape index (κ1) is 18.6. The van der Waals surface area contributed by atoms with Gasteiger partial charge in [-0.1, -0.05) is 0 Å². The summed E-state index contributed by atoms with van der Waals surface area (Å²) in [6, 6.07) is 3.69. The summed E-state index contributed by atoms with van der Waals surface area (Å²) in [6.07, 6.45) is 6.33. The van der Waals surface area contributed by atoms with Gasteiger partial charge in [-0.05, 0) is 24.1 Å². The molecular weight excluding hydrogens is 324 g/mol. The van der Waals surface area contributed by atoms with Crippen LogP contribution in [0.1, 0.15) is 12.0 Å². The molecule has 2 rings (SSSR count). The van der Waals surface area contributed by atoms with Gasteiger partial charge in [0.2, 0.25) is 5.84 Å². The molecule has 0 bridgehead atoms. The van der Waals surface area contributed by atoms with Crippen LogP contribution in [0.2, 0.25) is 0 Å². The van der Waals surface area contributed by atoms with Crippen molar-refractivity contribution in [1.82, 2.24) is 10.4 Å². The lowest BCUT2D eigenvalue weighted by atomic mass is 10.1. The van der Waals surface area contributed by atoms with Gasteiger partial charge in [0, 0.05) is 18.8 Å². The van der Waals surface area contributed by atoms with Gasteiger partial charge in [-0.25, -0.2) is 10.2 Å². The van der Waals surface area contributed by atoms with Gasteiger partial charge in [-0.2, -0.15) is 11.8 Å². The van der Waals surface area contributed by atoms with Gasteiger partial charge < -0.3 is 15.0 Å². The number of hydrogen-bond donors (Lipinski definition) is 3. The van der Waals surface area contributed by atoms with E-state index in [4.69, 9.17) is 19.8 Å². The maximum absolute atomic E-state index is 11.6. The number of aliphatic carboxylic acids is 2. The highest BCUT2D eigenvalue weighted by atomic mass is 32.2. The molecule has 10 heteroatoms. The molecule has 1 aromatic rings. The lowest BCUT2D eigenvalue weighted by molar-refractivity contribution is -0.568. The standard InChI is InChI=1S/C11H14N4OS.C2H2O4/c1-17-7-4-9-11(16)15-14-10(13-9)8-2-5-12-6-3-8;3-1(4)2(5)6/h2-3,5-6,9H,4,7H2,1H3,(H,13,14)(H,15,16);(H,3,4)(H,5,6). The Hall–Kier alpha value is -2.46. The monoisotopic (exact) mass is 340 g/mol. The predicted octanol–water partition coefficient (Wildman–Crippen LogP) is -2.62. The fraction of sp³-hybridized carbons (Fsp3) is 0.308. The average molecular weight is 340 g/mol. The van der Waals surface area contributed by atoms with E-state index < -0.39 is 11.9 Å². The van der Waals surface area contributed by atoms with Crippen molar-refractivity contribution in [2.75, 3.05) is 12.0 Å². The first-order valence-electron chi connectivity index (χ1n) is 6.51. The minimum atomic E-state index is -2.07.